The number of nitrogens with zero attached hydrogens (tertiary/aromatic N) is 1. The van der Waals surface area contributed by atoms with Crippen LogP contribution in [0.2, 0.25) is 0 Å². The van der Waals surface area contributed by atoms with Gasteiger partial charge in [-0.05, 0) is 42.9 Å². The van der Waals surface area contributed by atoms with E-state index in [-0.39, 0.29) is 64.0 Å². The van der Waals surface area contributed by atoms with Crippen LogP contribution in [0.1, 0.15) is 50.2 Å². The number of H-pyrrole nitrogens is 1. The number of hydrogen-bond donors (Lipinski definition) is 12. The number of benzene rings is 2. The van der Waals surface area contributed by atoms with E-state index in [1.54, 1.807) is 36.5 Å². The summed E-state index contributed by atoms with van der Waals surface area (Å²) in [7, 11) is 0. The molecule has 9 amide bonds. The Balaban J connectivity index is 1.62. The molecule has 15 N–H and O–H groups in total. The Hall–Kier alpha value is -7.52. The van der Waals surface area contributed by atoms with Gasteiger partial charge in [0.2, 0.25) is 53.2 Å². The largest absolute Gasteiger partial charge is 0.370 e. The van der Waals surface area contributed by atoms with Gasteiger partial charge >= 0.3 is 0 Å². The van der Waals surface area contributed by atoms with Gasteiger partial charge < -0.3 is 64.7 Å². The van der Waals surface area contributed by atoms with Crippen LogP contribution in [0.25, 0.3) is 10.9 Å². The molecule has 0 bridgehead atoms. The Labute approximate surface area is 362 Å². The van der Waals surface area contributed by atoms with Crippen molar-refractivity contribution < 1.29 is 43.2 Å². The minimum atomic E-state index is -1.39. The van der Waals surface area contributed by atoms with E-state index in [2.05, 4.69) is 52.5 Å². The highest BCUT2D eigenvalue weighted by Gasteiger charge is 2.32. The third-order valence-corrected chi connectivity index (χ3v) is 9.89. The molecule has 4 rings (SSSR count). The van der Waals surface area contributed by atoms with Crippen LogP contribution in [0, 0.1) is 0 Å². The normalized spacial score (nSPS) is 19.8. The van der Waals surface area contributed by atoms with E-state index in [9.17, 15) is 43.2 Å². The quantitative estimate of drug-likeness (QED) is 0.0428. The number of carbonyl (C=O) groups is 9. The SMILES string of the molecule is CC(=O)NCC(=O)N[C@H]1CCC(=O)NCC[C@@H](C(=O)N[C@@H](Cc2c[nH]c3ccccc23)C(N)=O)NC(=O)CNC(=O)[C@@H](Cc2ccccc2)NC(=O)[C@H](CCCN=C(N)N)NC1=O. The van der Waals surface area contributed by atoms with Crippen molar-refractivity contribution in [1.82, 2.24) is 47.5 Å². The lowest BCUT2D eigenvalue weighted by molar-refractivity contribution is -0.134. The van der Waals surface area contributed by atoms with Crippen molar-refractivity contribution in [2.24, 2.45) is 22.2 Å². The molecule has 0 saturated carbocycles. The number of rotatable bonds is 14. The Morgan fingerprint density at radius 1 is 0.825 bits per heavy atom. The lowest BCUT2D eigenvalue weighted by atomic mass is 10.0. The van der Waals surface area contributed by atoms with E-state index in [1.807, 2.05) is 24.3 Å². The molecule has 1 aromatic heterocycles. The number of nitrogens with one attached hydrogen (secondary N) is 9. The Bertz CT molecular complexity index is 2160. The summed E-state index contributed by atoms with van der Waals surface area (Å²) in [5.41, 5.74) is 18.8. The fourth-order valence-corrected chi connectivity index (χ4v) is 6.63. The highest BCUT2D eigenvalue weighted by molar-refractivity contribution is 5.97. The summed E-state index contributed by atoms with van der Waals surface area (Å²) in [4.78, 5) is 126. The molecule has 63 heavy (non-hydrogen) atoms. The van der Waals surface area contributed by atoms with Gasteiger partial charge in [-0.15, -0.1) is 0 Å². The number of aromatic nitrogens is 1. The van der Waals surface area contributed by atoms with Crippen molar-refractivity contribution in [1.29, 1.82) is 0 Å². The smallest absolute Gasteiger partial charge is 0.243 e. The van der Waals surface area contributed by atoms with Crippen molar-refractivity contribution in [3.05, 3.63) is 71.9 Å². The minimum Gasteiger partial charge on any atom is -0.370 e. The van der Waals surface area contributed by atoms with E-state index >= 15 is 0 Å². The highest BCUT2D eigenvalue weighted by Crippen LogP contribution is 2.19. The number of aromatic amines is 1. The zero-order valence-corrected chi connectivity index (χ0v) is 34.8. The van der Waals surface area contributed by atoms with Crippen LogP contribution in [0.5, 0.6) is 0 Å². The lowest BCUT2D eigenvalue weighted by Gasteiger charge is -2.25. The maximum atomic E-state index is 14.0. The first-order valence-corrected chi connectivity index (χ1v) is 20.3. The molecule has 1 saturated heterocycles. The number of carbonyl (C=O) groups excluding carboxylic acids is 9. The molecule has 2 heterocycles. The zero-order valence-electron chi connectivity index (χ0n) is 34.8. The lowest BCUT2D eigenvalue weighted by Crippen LogP contribution is -2.58. The molecule has 0 unspecified atom stereocenters. The molecule has 0 spiro atoms. The van der Waals surface area contributed by atoms with E-state index in [1.165, 1.54) is 6.92 Å². The molecule has 22 nitrogen and oxygen atoms in total. The van der Waals surface area contributed by atoms with Crippen LogP contribution in [0.4, 0.5) is 0 Å². The number of para-hydroxylation sites is 1. The summed E-state index contributed by atoms with van der Waals surface area (Å²) in [6, 6.07) is 9.44. The standard InChI is InChI=1S/C41H55N13O9/c1-23(55)47-21-34(57)50-29-13-14-33(56)45-17-15-30(40(63)53-31(36(42)59)19-25-20-48-27-11-6-5-10-26(25)27)51-35(58)22-49-37(60)32(18-24-8-3-2-4-9-24)54-38(61)28(52-39(29)62)12-7-16-46-41(43)44/h2-6,8-11,20,28-32,48H,7,12-19,21-22H2,1H3,(H2,42,59)(H,45,56)(H,47,55)(H,49,60)(H,50,57)(H,51,58)(H,52,62)(H,53,63)(H,54,61)(H4,43,44,46)/t28-,29-,30-,31-,32+/m0/s1. The number of nitrogens with two attached hydrogens (primary N) is 3. The summed E-state index contributed by atoms with van der Waals surface area (Å²) in [6.07, 6.45) is 1.00. The number of aliphatic imine (C=N–C) groups is 1. The first-order chi connectivity index (χ1) is 30.1. The minimum absolute atomic E-state index is 0.0142. The van der Waals surface area contributed by atoms with Crippen LogP contribution >= 0.6 is 0 Å². The van der Waals surface area contributed by atoms with E-state index in [0.717, 1.165) is 10.9 Å². The summed E-state index contributed by atoms with van der Waals surface area (Å²) in [5.74, 6) is -6.99. The average molecular weight is 874 g/mol. The van der Waals surface area contributed by atoms with Gasteiger partial charge in [-0.3, -0.25) is 48.1 Å². The Morgan fingerprint density at radius 3 is 2.25 bits per heavy atom. The molecule has 1 fully saturated rings. The molecule has 0 aliphatic carbocycles. The summed E-state index contributed by atoms with van der Waals surface area (Å²) in [5, 5.41) is 21.1. The first-order valence-electron chi connectivity index (χ1n) is 20.3. The van der Waals surface area contributed by atoms with E-state index < -0.39 is 96.5 Å². The predicted octanol–water partition coefficient (Wildman–Crippen LogP) is -3.53. The molecule has 0 radical (unpaired) electrons. The summed E-state index contributed by atoms with van der Waals surface area (Å²) >= 11 is 0. The molecular weight excluding hydrogens is 819 g/mol. The molecule has 5 atom stereocenters. The van der Waals surface area contributed by atoms with Gasteiger partial charge in [0, 0.05) is 56.4 Å². The monoisotopic (exact) mass is 873 g/mol. The number of amides is 9. The topological polar surface area (TPSA) is 356 Å². The molecule has 2 aromatic carbocycles. The molecule has 1 aliphatic rings. The number of hydrogen-bond acceptors (Lipinski definition) is 10. The second kappa shape index (κ2) is 24.1. The molecule has 1 aliphatic heterocycles. The van der Waals surface area contributed by atoms with Gasteiger partial charge in [0.15, 0.2) is 5.96 Å². The highest BCUT2D eigenvalue weighted by atomic mass is 16.2. The van der Waals surface area contributed by atoms with Crippen LogP contribution in [0.15, 0.2) is 65.8 Å². The fraction of sp³-hybridized carbons (Fsp3) is 0.415. The zero-order chi connectivity index (χ0) is 45.9. The second-order valence-corrected chi connectivity index (χ2v) is 14.8. The first kappa shape index (κ1) is 48.1. The van der Waals surface area contributed by atoms with Crippen molar-refractivity contribution in [2.45, 2.75) is 82.1 Å². The Kier molecular flexibility index (Phi) is 18.4. The number of primary amides is 1. The second-order valence-electron chi connectivity index (χ2n) is 14.8. The van der Waals surface area contributed by atoms with Gasteiger partial charge in [0.25, 0.3) is 0 Å². The van der Waals surface area contributed by atoms with Crippen molar-refractivity contribution in [2.75, 3.05) is 26.2 Å². The van der Waals surface area contributed by atoms with Gasteiger partial charge in [0.05, 0.1) is 13.1 Å². The summed E-state index contributed by atoms with van der Waals surface area (Å²) in [6.45, 7) is -0.0514. The maximum Gasteiger partial charge on any atom is 0.243 e. The maximum absolute atomic E-state index is 14.0. The van der Waals surface area contributed by atoms with Crippen LogP contribution in [-0.4, -0.2) is 120 Å². The van der Waals surface area contributed by atoms with E-state index in [0.29, 0.717) is 11.1 Å². The van der Waals surface area contributed by atoms with E-state index in [4.69, 9.17) is 17.2 Å². The Morgan fingerprint density at radius 2 is 1.54 bits per heavy atom. The molecule has 338 valence electrons. The molecule has 22 heteroatoms. The van der Waals surface area contributed by atoms with Crippen LogP contribution in [-0.2, 0) is 56.0 Å². The number of fused-ring (bicyclic) bond motifs is 1. The van der Waals surface area contributed by atoms with Gasteiger partial charge in [-0.2, -0.15) is 0 Å². The van der Waals surface area contributed by atoms with Crippen molar-refractivity contribution >= 4 is 70.0 Å². The molecule has 3 aromatic rings. The van der Waals surface area contributed by atoms with Crippen LogP contribution in [0.3, 0.4) is 0 Å². The van der Waals surface area contributed by atoms with Crippen molar-refractivity contribution in [3.63, 3.8) is 0 Å². The fourth-order valence-electron chi connectivity index (χ4n) is 6.63. The summed E-state index contributed by atoms with van der Waals surface area (Å²) < 4.78 is 0. The van der Waals surface area contributed by atoms with Gasteiger partial charge in [0.1, 0.15) is 30.2 Å². The predicted molar refractivity (Wildman–Crippen MR) is 229 cm³/mol. The number of guanidine groups is 1. The van der Waals surface area contributed by atoms with Gasteiger partial charge in [-0.25, -0.2) is 0 Å². The van der Waals surface area contributed by atoms with Crippen LogP contribution < -0.4 is 59.7 Å². The van der Waals surface area contributed by atoms with Crippen molar-refractivity contribution in [3.8, 4) is 0 Å². The third kappa shape index (κ3) is 16.1. The molecular formula is C41H55N13O9. The average Bonchev–Trinajstić information content (AvgIpc) is 3.65. The van der Waals surface area contributed by atoms with Gasteiger partial charge in [-0.1, -0.05) is 48.5 Å². The third-order valence-electron chi connectivity index (χ3n) is 9.89.